The number of alkyl halides is 3. The summed E-state index contributed by atoms with van der Waals surface area (Å²) in [6.07, 6.45) is 1.62. The second kappa shape index (κ2) is 7.91. The predicted molar refractivity (Wildman–Crippen MR) is 94.7 cm³/mol. The molecule has 1 N–H and O–H groups in total. The van der Waals surface area contributed by atoms with Crippen molar-refractivity contribution in [1.29, 1.82) is 5.26 Å². The molecule has 3 aromatic rings. The molecule has 0 atom stereocenters. The Hall–Kier alpha value is -3.34. The van der Waals surface area contributed by atoms with Gasteiger partial charge in [-0.05, 0) is 30.7 Å². The van der Waals surface area contributed by atoms with Gasteiger partial charge in [0.1, 0.15) is 11.9 Å². The first-order valence-electron chi connectivity index (χ1n) is 8.26. The molecule has 2 heterocycles. The van der Waals surface area contributed by atoms with Gasteiger partial charge < -0.3 is 9.88 Å². The lowest BCUT2D eigenvalue weighted by atomic mass is 10.1. The van der Waals surface area contributed by atoms with Gasteiger partial charge in [0.2, 0.25) is 0 Å². The Morgan fingerprint density at radius 2 is 2.04 bits per heavy atom. The Morgan fingerprint density at radius 1 is 1.19 bits per heavy atom. The summed E-state index contributed by atoms with van der Waals surface area (Å²) in [5, 5.41) is 12.3. The van der Waals surface area contributed by atoms with E-state index in [-0.39, 0.29) is 0 Å². The van der Waals surface area contributed by atoms with Crippen LogP contribution in [0.2, 0.25) is 0 Å². The van der Waals surface area contributed by atoms with Gasteiger partial charge in [-0.15, -0.1) is 0 Å². The fourth-order valence-electron chi connectivity index (χ4n) is 2.59. The van der Waals surface area contributed by atoms with Crippen LogP contribution in [0.5, 0.6) is 0 Å². The summed E-state index contributed by atoms with van der Waals surface area (Å²) < 4.78 is 40.7. The number of nitrogens with one attached hydrogen (secondary N) is 1. The van der Waals surface area contributed by atoms with Gasteiger partial charge in [0, 0.05) is 31.0 Å². The second-order valence-corrected chi connectivity index (χ2v) is 5.86. The van der Waals surface area contributed by atoms with Crippen LogP contribution in [0, 0.1) is 11.3 Å². The van der Waals surface area contributed by atoms with Crippen molar-refractivity contribution in [3.63, 3.8) is 0 Å². The first-order chi connectivity index (χ1) is 13.0. The molecule has 8 heteroatoms. The van der Waals surface area contributed by atoms with E-state index in [0.29, 0.717) is 29.2 Å². The third kappa shape index (κ3) is 4.64. The van der Waals surface area contributed by atoms with Crippen LogP contribution in [0.1, 0.15) is 17.5 Å². The average molecular weight is 371 g/mol. The number of nitriles is 1. The zero-order chi connectivity index (χ0) is 19.3. The summed E-state index contributed by atoms with van der Waals surface area (Å²) in [4.78, 5) is 8.31. The molecule has 0 fully saturated rings. The lowest BCUT2D eigenvalue weighted by Crippen LogP contribution is -2.09. The molecular formula is C19H16F3N5. The Balaban J connectivity index is 1.76. The number of rotatable bonds is 6. The van der Waals surface area contributed by atoms with Crippen molar-refractivity contribution in [1.82, 2.24) is 14.5 Å². The SMILES string of the molecule is N#Cc1ccc(-c2cccc(C(F)(F)F)c2)nc1NCCCn1ccnc1. The molecule has 0 aliphatic rings. The van der Waals surface area contributed by atoms with E-state index < -0.39 is 11.7 Å². The molecule has 5 nitrogen and oxygen atoms in total. The Kier molecular flexibility index (Phi) is 5.41. The minimum atomic E-state index is -4.42. The van der Waals surface area contributed by atoms with E-state index in [1.807, 2.05) is 16.8 Å². The maximum atomic E-state index is 12.9. The number of benzene rings is 1. The summed E-state index contributed by atoms with van der Waals surface area (Å²) in [6, 6.07) is 10.1. The second-order valence-electron chi connectivity index (χ2n) is 5.86. The molecule has 138 valence electrons. The van der Waals surface area contributed by atoms with Crippen molar-refractivity contribution in [3.8, 4) is 17.3 Å². The molecule has 0 radical (unpaired) electrons. The minimum absolute atomic E-state index is 0.341. The number of halogens is 3. The predicted octanol–water partition coefficient (Wildman–Crippen LogP) is 4.34. The van der Waals surface area contributed by atoms with Crippen LogP contribution in [0.25, 0.3) is 11.3 Å². The van der Waals surface area contributed by atoms with Crippen molar-refractivity contribution in [2.45, 2.75) is 19.1 Å². The summed E-state index contributed by atoms with van der Waals surface area (Å²) >= 11 is 0. The van der Waals surface area contributed by atoms with Crippen LogP contribution in [-0.4, -0.2) is 21.1 Å². The highest BCUT2D eigenvalue weighted by Gasteiger charge is 2.30. The molecule has 0 saturated carbocycles. The van der Waals surface area contributed by atoms with Crippen molar-refractivity contribution in [2.24, 2.45) is 0 Å². The minimum Gasteiger partial charge on any atom is -0.369 e. The monoisotopic (exact) mass is 371 g/mol. The Bertz CT molecular complexity index is 943. The van der Waals surface area contributed by atoms with E-state index >= 15 is 0 Å². The number of nitrogens with zero attached hydrogens (tertiary/aromatic N) is 4. The Labute approximate surface area is 154 Å². The molecule has 1 aromatic carbocycles. The van der Waals surface area contributed by atoms with Crippen molar-refractivity contribution in [3.05, 3.63) is 66.2 Å². The molecule has 0 aliphatic heterocycles. The van der Waals surface area contributed by atoms with Gasteiger partial charge >= 0.3 is 6.18 Å². The maximum absolute atomic E-state index is 12.9. The fourth-order valence-corrected chi connectivity index (χ4v) is 2.59. The lowest BCUT2D eigenvalue weighted by Gasteiger charge is -2.11. The highest BCUT2D eigenvalue weighted by molar-refractivity contribution is 5.65. The van der Waals surface area contributed by atoms with Gasteiger partial charge in [-0.3, -0.25) is 0 Å². The van der Waals surface area contributed by atoms with Gasteiger partial charge in [0.05, 0.1) is 23.1 Å². The molecule has 2 aromatic heterocycles. The van der Waals surface area contributed by atoms with E-state index in [1.165, 1.54) is 6.07 Å². The highest BCUT2D eigenvalue weighted by atomic mass is 19.4. The quantitative estimate of drug-likeness (QED) is 0.655. The third-order valence-electron chi connectivity index (χ3n) is 3.95. The van der Waals surface area contributed by atoms with Crippen LogP contribution in [0.15, 0.2) is 55.1 Å². The number of hydrogen-bond acceptors (Lipinski definition) is 4. The smallest absolute Gasteiger partial charge is 0.369 e. The largest absolute Gasteiger partial charge is 0.416 e. The standard InChI is InChI=1S/C19H16F3N5/c20-19(21,22)16-4-1-3-14(11-16)17-6-5-15(12-23)18(26-17)25-7-2-9-27-10-8-24-13-27/h1,3-6,8,10-11,13H,2,7,9H2,(H,25,26). The summed E-state index contributed by atoms with van der Waals surface area (Å²) in [6.45, 7) is 1.31. The van der Waals surface area contributed by atoms with E-state index in [1.54, 1.807) is 30.7 Å². The van der Waals surface area contributed by atoms with Gasteiger partial charge in [-0.1, -0.05) is 12.1 Å². The van der Waals surface area contributed by atoms with E-state index in [4.69, 9.17) is 0 Å². The maximum Gasteiger partial charge on any atom is 0.416 e. The summed E-state index contributed by atoms with van der Waals surface area (Å²) in [5.41, 5.74) is 0.322. The first kappa shape index (κ1) is 18.5. The Morgan fingerprint density at radius 3 is 2.74 bits per heavy atom. The zero-order valence-corrected chi connectivity index (χ0v) is 14.2. The lowest BCUT2D eigenvalue weighted by molar-refractivity contribution is -0.137. The molecule has 3 rings (SSSR count). The van der Waals surface area contributed by atoms with Gasteiger partial charge in [0.15, 0.2) is 0 Å². The van der Waals surface area contributed by atoms with Crippen molar-refractivity contribution < 1.29 is 13.2 Å². The van der Waals surface area contributed by atoms with Gasteiger partial charge in [0.25, 0.3) is 0 Å². The molecule has 0 saturated heterocycles. The normalized spacial score (nSPS) is 11.2. The molecule has 0 bridgehead atoms. The van der Waals surface area contributed by atoms with Crippen LogP contribution in [-0.2, 0) is 12.7 Å². The summed E-state index contributed by atoms with van der Waals surface area (Å²) in [7, 11) is 0. The summed E-state index contributed by atoms with van der Waals surface area (Å²) in [5.74, 6) is 0.359. The molecule has 0 unspecified atom stereocenters. The topological polar surface area (TPSA) is 66.5 Å². The number of anilines is 1. The van der Waals surface area contributed by atoms with E-state index in [9.17, 15) is 18.4 Å². The number of aromatic nitrogens is 3. The number of imidazole rings is 1. The molecule has 0 amide bonds. The average Bonchev–Trinajstić information content (AvgIpc) is 3.18. The van der Waals surface area contributed by atoms with Crippen LogP contribution in [0.4, 0.5) is 19.0 Å². The van der Waals surface area contributed by atoms with Gasteiger partial charge in [-0.2, -0.15) is 18.4 Å². The number of aryl methyl sites for hydroxylation is 1. The van der Waals surface area contributed by atoms with E-state index in [0.717, 1.165) is 25.1 Å². The van der Waals surface area contributed by atoms with Crippen LogP contribution in [0.3, 0.4) is 0 Å². The van der Waals surface area contributed by atoms with E-state index in [2.05, 4.69) is 15.3 Å². The van der Waals surface area contributed by atoms with Crippen LogP contribution >= 0.6 is 0 Å². The molecule has 0 spiro atoms. The molecular weight excluding hydrogens is 355 g/mol. The number of hydrogen-bond donors (Lipinski definition) is 1. The molecule has 0 aliphatic carbocycles. The number of pyridine rings is 1. The first-order valence-corrected chi connectivity index (χ1v) is 8.26. The van der Waals surface area contributed by atoms with Crippen LogP contribution < -0.4 is 5.32 Å². The van der Waals surface area contributed by atoms with Crippen molar-refractivity contribution in [2.75, 3.05) is 11.9 Å². The fraction of sp³-hybridized carbons (Fsp3) is 0.211. The molecule has 27 heavy (non-hydrogen) atoms. The highest BCUT2D eigenvalue weighted by Crippen LogP contribution is 2.32. The van der Waals surface area contributed by atoms with Gasteiger partial charge in [-0.25, -0.2) is 9.97 Å². The third-order valence-corrected chi connectivity index (χ3v) is 3.95. The zero-order valence-electron chi connectivity index (χ0n) is 14.2. The van der Waals surface area contributed by atoms with Crippen molar-refractivity contribution >= 4 is 5.82 Å².